The molecule has 2 aromatic carbocycles. The lowest BCUT2D eigenvalue weighted by molar-refractivity contribution is 0.323. The predicted molar refractivity (Wildman–Crippen MR) is 95.6 cm³/mol. The Balaban J connectivity index is 1.94. The molecule has 4 heteroatoms. The highest BCUT2D eigenvalue weighted by Crippen LogP contribution is 2.31. The van der Waals surface area contributed by atoms with Gasteiger partial charge in [0.2, 0.25) is 0 Å². The van der Waals surface area contributed by atoms with Gasteiger partial charge in [0.15, 0.2) is 0 Å². The summed E-state index contributed by atoms with van der Waals surface area (Å²) in [4.78, 5) is 0. The molecule has 0 aliphatic carbocycles. The number of halogens is 2. The Labute approximate surface area is 142 Å². The Bertz CT molecular complexity index is 635. The van der Waals surface area contributed by atoms with Gasteiger partial charge in [0.1, 0.15) is 12.4 Å². The van der Waals surface area contributed by atoms with E-state index in [1.807, 2.05) is 30.3 Å². The van der Waals surface area contributed by atoms with Gasteiger partial charge in [-0.15, -0.1) is 0 Å². The zero-order valence-electron chi connectivity index (χ0n) is 13.1. The molecule has 0 atom stereocenters. The predicted octanol–water partition coefficient (Wildman–Crippen LogP) is 5.78. The first-order valence-corrected chi connectivity index (χ1v) is 8.05. The van der Waals surface area contributed by atoms with E-state index in [0.29, 0.717) is 23.2 Å². The number of ether oxygens (including phenoxy) is 1. The molecule has 0 aromatic heterocycles. The van der Waals surface area contributed by atoms with E-state index in [0.717, 1.165) is 11.4 Å². The van der Waals surface area contributed by atoms with Crippen molar-refractivity contribution in [3.8, 4) is 5.75 Å². The second kappa shape index (κ2) is 7.26. The summed E-state index contributed by atoms with van der Waals surface area (Å²) in [6.07, 6.45) is 0. The molecule has 0 bridgehead atoms. The van der Waals surface area contributed by atoms with Crippen LogP contribution in [0.4, 0.5) is 5.69 Å². The monoisotopic (exact) mass is 337 g/mol. The van der Waals surface area contributed by atoms with Gasteiger partial charge >= 0.3 is 0 Å². The Morgan fingerprint density at radius 3 is 2.45 bits per heavy atom. The average Bonchev–Trinajstić information content (AvgIpc) is 2.47. The van der Waals surface area contributed by atoms with Crippen LogP contribution in [-0.4, -0.2) is 13.2 Å². The summed E-state index contributed by atoms with van der Waals surface area (Å²) in [6, 6.07) is 13.7. The lowest BCUT2D eigenvalue weighted by atomic mass is 9.86. The standard InChI is InChI=1S/C18H21Cl2NO/c1-18(2,3)13-7-4-5-10-16(13)22-12-11-21-15-9-6-8-14(19)17(15)20/h4-10,21H,11-12H2,1-3H3. The van der Waals surface area contributed by atoms with E-state index in [4.69, 9.17) is 27.9 Å². The van der Waals surface area contributed by atoms with Crippen molar-refractivity contribution in [2.75, 3.05) is 18.5 Å². The molecule has 0 radical (unpaired) electrons. The van der Waals surface area contributed by atoms with E-state index in [9.17, 15) is 0 Å². The lowest BCUT2D eigenvalue weighted by Gasteiger charge is -2.22. The number of rotatable bonds is 5. The van der Waals surface area contributed by atoms with Gasteiger partial charge in [-0.3, -0.25) is 0 Å². The van der Waals surface area contributed by atoms with Crippen molar-refractivity contribution in [3.05, 3.63) is 58.1 Å². The van der Waals surface area contributed by atoms with Gasteiger partial charge in [-0.05, 0) is 29.2 Å². The number of hydrogen-bond acceptors (Lipinski definition) is 2. The Kier molecular flexibility index (Phi) is 5.60. The van der Waals surface area contributed by atoms with Crippen molar-refractivity contribution in [3.63, 3.8) is 0 Å². The van der Waals surface area contributed by atoms with Gasteiger partial charge < -0.3 is 10.1 Å². The molecule has 1 N–H and O–H groups in total. The summed E-state index contributed by atoms with van der Waals surface area (Å²) in [5, 5.41) is 4.33. The smallest absolute Gasteiger partial charge is 0.123 e. The van der Waals surface area contributed by atoms with Gasteiger partial charge in [0, 0.05) is 6.54 Å². The van der Waals surface area contributed by atoms with Crippen LogP contribution in [0.1, 0.15) is 26.3 Å². The van der Waals surface area contributed by atoms with E-state index in [1.165, 1.54) is 5.56 Å². The van der Waals surface area contributed by atoms with Crippen molar-refractivity contribution >= 4 is 28.9 Å². The Morgan fingerprint density at radius 1 is 1.00 bits per heavy atom. The molecule has 2 aromatic rings. The number of para-hydroxylation sites is 1. The highest BCUT2D eigenvalue weighted by molar-refractivity contribution is 6.43. The highest BCUT2D eigenvalue weighted by atomic mass is 35.5. The number of benzene rings is 2. The zero-order chi connectivity index (χ0) is 16.2. The van der Waals surface area contributed by atoms with Crippen LogP contribution in [0.2, 0.25) is 10.0 Å². The van der Waals surface area contributed by atoms with E-state index in [-0.39, 0.29) is 5.41 Å². The van der Waals surface area contributed by atoms with E-state index >= 15 is 0 Å². The lowest BCUT2D eigenvalue weighted by Crippen LogP contribution is -2.16. The van der Waals surface area contributed by atoms with E-state index < -0.39 is 0 Å². The van der Waals surface area contributed by atoms with Crippen LogP contribution < -0.4 is 10.1 Å². The normalized spacial score (nSPS) is 11.3. The molecule has 0 aliphatic heterocycles. The molecule has 0 heterocycles. The first-order valence-electron chi connectivity index (χ1n) is 7.30. The van der Waals surface area contributed by atoms with Crippen LogP contribution in [0.5, 0.6) is 5.75 Å². The van der Waals surface area contributed by atoms with Crippen molar-refractivity contribution in [2.45, 2.75) is 26.2 Å². The largest absolute Gasteiger partial charge is 0.491 e. The molecule has 0 spiro atoms. The van der Waals surface area contributed by atoms with Crippen LogP contribution in [0.15, 0.2) is 42.5 Å². The zero-order valence-corrected chi connectivity index (χ0v) is 14.6. The van der Waals surface area contributed by atoms with Crippen LogP contribution in [0, 0.1) is 0 Å². The van der Waals surface area contributed by atoms with Crippen LogP contribution >= 0.6 is 23.2 Å². The summed E-state index contributed by atoms with van der Waals surface area (Å²) < 4.78 is 5.92. The SMILES string of the molecule is CC(C)(C)c1ccccc1OCCNc1cccc(Cl)c1Cl. The second-order valence-electron chi connectivity index (χ2n) is 6.12. The van der Waals surface area contributed by atoms with Gasteiger partial charge in [-0.25, -0.2) is 0 Å². The minimum absolute atomic E-state index is 0.0558. The molecule has 0 amide bonds. The summed E-state index contributed by atoms with van der Waals surface area (Å²) in [7, 11) is 0. The molecule has 22 heavy (non-hydrogen) atoms. The Morgan fingerprint density at radius 2 is 1.73 bits per heavy atom. The fourth-order valence-corrected chi connectivity index (χ4v) is 2.57. The minimum atomic E-state index is 0.0558. The van der Waals surface area contributed by atoms with Crippen LogP contribution in [0.25, 0.3) is 0 Å². The third-order valence-electron chi connectivity index (χ3n) is 3.32. The van der Waals surface area contributed by atoms with Crippen molar-refractivity contribution in [1.82, 2.24) is 0 Å². The minimum Gasteiger partial charge on any atom is -0.491 e. The molecule has 0 fully saturated rings. The maximum Gasteiger partial charge on any atom is 0.123 e. The molecule has 0 unspecified atom stereocenters. The van der Waals surface area contributed by atoms with Crippen LogP contribution in [-0.2, 0) is 5.41 Å². The van der Waals surface area contributed by atoms with Crippen molar-refractivity contribution < 1.29 is 4.74 Å². The average molecular weight is 338 g/mol. The molecule has 0 saturated carbocycles. The third kappa shape index (κ3) is 4.31. The summed E-state index contributed by atoms with van der Waals surface area (Å²) >= 11 is 12.1. The van der Waals surface area contributed by atoms with Crippen molar-refractivity contribution in [1.29, 1.82) is 0 Å². The fourth-order valence-electron chi connectivity index (χ4n) is 2.20. The maximum atomic E-state index is 6.14. The first-order chi connectivity index (χ1) is 10.4. The number of anilines is 1. The van der Waals surface area contributed by atoms with Gasteiger partial charge in [0.25, 0.3) is 0 Å². The van der Waals surface area contributed by atoms with E-state index in [1.54, 1.807) is 6.07 Å². The molecular weight excluding hydrogens is 317 g/mol. The quantitative estimate of drug-likeness (QED) is 0.698. The molecule has 0 aliphatic rings. The number of nitrogens with one attached hydrogen (secondary N) is 1. The topological polar surface area (TPSA) is 21.3 Å². The number of hydrogen-bond donors (Lipinski definition) is 1. The third-order valence-corrected chi connectivity index (χ3v) is 4.14. The maximum absolute atomic E-state index is 6.14. The fraction of sp³-hybridized carbons (Fsp3) is 0.333. The second-order valence-corrected chi connectivity index (χ2v) is 6.91. The molecule has 2 rings (SSSR count). The highest BCUT2D eigenvalue weighted by Gasteiger charge is 2.18. The van der Waals surface area contributed by atoms with Gasteiger partial charge in [-0.1, -0.05) is 68.2 Å². The molecular formula is C18H21Cl2NO. The van der Waals surface area contributed by atoms with Crippen molar-refractivity contribution in [2.24, 2.45) is 0 Å². The van der Waals surface area contributed by atoms with Gasteiger partial charge in [0.05, 0.1) is 15.7 Å². The molecule has 118 valence electrons. The van der Waals surface area contributed by atoms with Gasteiger partial charge in [-0.2, -0.15) is 0 Å². The Hall–Kier alpha value is -1.38. The molecule has 2 nitrogen and oxygen atoms in total. The van der Waals surface area contributed by atoms with Crippen LogP contribution in [0.3, 0.4) is 0 Å². The molecule has 0 saturated heterocycles. The van der Waals surface area contributed by atoms with E-state index in [2.05, 4.69) is 32.2 Å². The summed E-state index contributed by atoms with van der Waals surface area (Å²) in [5.41, 5.74) is 2.08. The summed E-state index contributed by atoms with van der Waals surface area (Å²) in [5.74, 6) is 0.925. The summed E-state index contributed by atoms with van der Waals surface area (Å²) in [6.45, 7) is 7.74. The first kappa shape index (κ1) is 17.0.